The molecule has 5 aromatic rings. The Morgan fingerprint density at radius 1 is 0.898 bits per heavy atom. The number of nitrogens with two attached hydrogens (primary N) is 1. The highest BCUT2D eigenvalue weighted by Crippen LogP contribution is 2.33. The maximum atomic E-state index is 13.6. The third-order valence-electron chi connectivity index (χ3n) is 7.51. The number of phenolic OH excluding ortho intramolecular Hbond substituents is 1. The lowest BCUT2D eigenvalue weighted by molar-refractivity contribution is -0.597. The summed E-state index contributed by atoms with van der Waals surface area (Å²) in [6.45, 7) is 4.24. The first-order valence-corrected chi connectivity index (χ1v) is 16.5. The van der Waals surface area contributed by atoms with E-state index in [1.54, 1.807) is 67.2 Å². The Morgan fingerprint density at radius 3 is 2.31 bits per heavy atom. The molecular weight excluding hydrogens is 652 g/mol. The van der Waals surface area contributed by atoms with Crippen LogP contribution in [-0.2, 0) is 16.6 Å². The first-order chi connectivity index (χ1) is 23.3. The third-order valence-corrected chi connectivity index (χ3v) is 8.42. The van der Waals surface area contributed by atoms with Gasteiger partial charge in [-0.25, -0.2) is 18.2 Å². The highest BCUT2D eigenvalue weighted by molar-refractivity contribution is 7.89. The molecule has 0 fully saturated rings. The van der Waals surface area contributed by atoms with E-state index in [1.807, 2.05) is 25.1 Å². The first kappa shape index (κ1) is 34.6. The van der Waals surface area contributed by atoms with Gasteiger partial charge in [-0.05, 0) is 77.3 Å². The minimum atomic E-state index is -4.06. The van der Waals surface area contributed by atoms with E-state index in [1.165, 1.54) is 9.25 Å². The molecule has 17 heteroatoms. The van der Waals surface area contributed by atoms with Gasteiger partial charge in [-0.1, -0.05) is 12.1 Å². The van der Waals surface area contributed by atoms with Crippen LogP contribution in [0.2, 0.25) is 0 Å². The molecule has 0 spiro atoms. The third kappa shape index (κ3) is 7.53. The first-order valence-electron chi connectivity index (χ1n) is 15.0. The highest BCUT2D eigenvalue weighted by atomic mass is 32.2. The summed E-state index contributed by atoms with van der Waals surface area (Å²) in [5.74, 6) is -0.671. The zero-order chi connectivity index (χ0) is 35.5. The van der Waals surface area contributed by atoms with Gasteiger partial charge in [-0.15, -0.1) is 15.3 Å². The van der Waals surface area contributed by atoms with Crippen LogP contribution < -0.4 is 20.8 Å². The molecule has 0 aliphatic heterocycles. The quantitative estimate of drug-likeness (QED) is 0.118. The number of phenols is 1. The van der Waals surface area contributed by atoms with Crippen LogP contribution in [0, 0.1) is 13.8 Å². The SMILES string of the molecule is Cc1[nH]n(-c2cccc(N=Nc3c(C)c(-[n+]4ccccc4)c(=O)n(CCCN(C)C)c3O)c2)c(=O)c1N=Nc1cc(S(N)(=O)=O)ccc1O. The number of H-pyrrole nitrogens is 1. The van der Waals surface area contributed by atoms with Crippen LogP contribution in [0.1, 0.15) is 17.7 Å². The van der Waals surface area contributed by atoms with Crippen molar-refractivity contribution < 1.29 is 23.2 Å². The fourth-order valence-corrected chi connectivity index (χ4v) is 5.55. The van der Waals surface area contributed by atoms with Crippen LogP contribution in [-0.4, -0.2) is 58.5 Å². The lowest BCUT2D eigenvalue weighted by atomic mass is 10.2. The molecule has 5 N–H and O–H groups in total. The Kier molecular flexibility index (Phi) is 9.97. The van der Waals surface area contributed by atoms with E-state index in [0.29, 0.717) is 41.3 Å². The van der Waals surface area contributed by atoms with Crippen molar-refractivity contribution in [3.63, 3.8) is 0 Å². The highest BCUT2D eigenvalue weighted by Gasteiger charge is 2.25. The molecule has 0 saturated carbocycles. The summed E-state index contributed by atoms with van der Waals surface area (Å²) in [6.07, 6.45) is 4.09. The largest absolute Gasteiger partial charge is 0.506 e. The topological polar surface area (TPSA) is 217 Å². The number of pyridine rings is 2. The van der Waals surface area contributed by atoms with E-state index < -0.39 is 15.6 Å². The molecule has 5 rings (SSSR count). The van der Waals surface area contributed by atoms with Crippen LogP contribution in [0.5, 0.6) is 11.6 Å². The number of aromatic nitrogens is 4. The van der Waals surface area contributed by atoms with Gasteiger partial charge in [0, 0.05) is 18.7 Å². The minimum absolute atomic E-state index is 0.0875. The maximum absolute atomic E-state index is 13.6. The van der Waals surface area contributed by atoms with Gasteiger partial charge in [0.05, 0.1) is 27.5 Å². The molecule has 3 heterocycles. The van der Waals surface area contributed by atoms with Crippen LogP contribution in [0.25, 0.3) is 11.4 Å². The number of rotatable bonds is 11. The Bertz CT molecular complexity index is 2310. The van der Waals surface area contributed by atoms with Crippen molar-refractivity contribution in [3.8, 4) is 23.0 Å². The molecule has 0 saturated heterocycles. The fourth-order valence-electron chi connectivity index (χ4n) is 5.02. The van der Waals surface area contributed by atoms with Gasteiger partial charge in [-0.2, -0.15) is 9.68 Å². The molecule has 0 radical (unpaired) electrons. The van der Waals surface area contributed by atoms with Crippen LogP contribution in [0.15, 0.2) is 108 Å². The lowest BCUT2D eigenvalue weighted by Crippen LogP contribution is -2.40. The zero-order valence-corrected chi connectivity index (χ0v) is 28.0. The predicted molar refractivity (Wildman–Crippen MR) is 181 cm³/mol. The van der Waals surface area contributed by atoms with Crippen molar-refractivity contribution in [1.29, 1.82) is 0 Å². The average Bonchev–Trinajstić information content (AvgIpc) is 3.34. The van der Waals surface area contributed by atoms with Gasteiger partial charge in [0.2, 0.25) is 15.9 Å². The molecule has 0 aliphatic rings. The maximum Gasteiger partial charge on any atom is 0.326 e. The lowest BCUT2D eigenvalue weighted by Gasteiger charge is -2.14. The number of nitrogens with zero attached hydrogens (tertiary/aromatic N) is 8. The molecule has 16 nitrogen and oxygen atoms in total. The number of aromatic hydroxyl groups is 2. The molecule has 49 heavy (non-hydrogen) atoms. The summed E-state index contributed by atoms with van der Waals surface area (Å²) in [6, 6.07) is 15.2. The number of aryl methyl sites for hydroxylation is 1. The van der Waals surface area contributed by atoms with E-state index in [-0.39, 0.29) is 45.7 Å². The van der Waals surface area contributed by atoms with Gasteiger partial charge in [-0.3, -0.25) is 19.3 Å². The summed E-state index contributed by atoms with van der Waals surface area (Å²) < 4.78 is 27.6. The van der Waals surface area contributed by atoms with E-state index in [2.05, 4.69) is 25.6 Å². The van der Waals surface area contributed by atoms with Crippen molar-refractivity contribution in [2.45, 2.75) is 31.7 Å². The molecule has 2 aromatic carbocycles. The molecule has 0 unspecified atom stereocenters. The summed E-state index contributed by atoms with van der Waals surface area (Å²) >= 11 is 0. The molecule has 0 atom stereocenters. The minimum Gasteiger partial charge on any atom is -0.506 e. The van der Waals surface area contributed by atoms with Crippen LogP contribution in [0.4, 0.5) is 22.7 Å². The smallest absolute Gasteiger partial charge is 0.326 e. The van der Waals surface area contributed by atoms with Crippen molar-refractivity contribution in [2.75, 3.05) is 20.6 Å². The standard InChI is InChI=1S/C32H34N10O6S/c1-20-27(30(44)41(17-9-14-39(3)4)32(46)29(20)40-15-6-5-7-16-40)36-34-22-10-8-11-23(18-22)42-31(45)28(21(2)38-42)37-35-25-19-24(49(33,47)48)12-13-26(25)43/h5-8,10-13,15-16,18-19H,9,14,17H2,1-4H3,(H4-,33,34,35,36,37,38,43,44,45,46,47,48)/p+1. The number of hydrogen-bond acceptors (Lipinski definition) is 11. The molecule has 254 valence electrons. The van der Waals surface area contributed by atoms with Gasteiger partial charge in [0.1, 0.15) is 11.4 Å². The number of primary sulfonamides is 1. The zero-order valence-electron chi connectivity index (χ0n) is 27.1. The summed E-state index contributed by atoms with van der Waals surface area (Å²) in [5.41, 5.74) is 0.681. The Hall–Kier alpha value is -5.78. The van der Waals surface area contributed by atoms with Crippen molar-refractivity contribution >= 4 is 32.8 Å². The summed E-state index contributed by atoms with van der Waals surface area (Å²) in [5, 5.41) is 46.0. The number of sulfonamides is 1. The van der Waals surface area contributed by atoms with E-state index >= 15 is 0 Å². The van der Waals surface area contributed by atoms with E-state index in [4.69, 9.17) is 5.14 Å². The molecule has 0 aliphatic carbocycles. The van der Waals surface area contributed by atoms with E-state index in [0.717, 1.165) is 18.2 Å². The molecule has 0 amide bonds. The van der Waals surface area contributed by atoms with Gasteiger partial charge in [0.25, 0.3) is 11.2 Å². The Balaban J connectivity index is 1.50. The number of nitrogens with one attached hydrogen (secondary N) is 1. The average molecular weight is 688 g/mol. The van der Waals surface area contributed by atoms with Crippen LogP contribution in [0.3, 0.4) is 0 Å². The Labute approximate surface area is 280 Å². The molecular formula is C32H35N10O6S+. The van der Waals surface area contributed by atoms with Gasteiger partial charge in [0.15, 0.2) is 23.8 Å². The second-order valence-electron chi connectivity index (χ2n) is 11.4. The van der Waals surface area contributed by atoms with E-state index in [9.17, 15) is 28.2 Å². The van der Waals surface area contributed by atoms with Crippen molar-refractivity contribution in [1.82, 2.24) is 19.2 Å². The molecule has 0 bridgehead atoms. The predicted octanol–water partition coefficient (Wildman–Crippen LogP) is 4.06. The van der Waals surface area contributed by atoms with Crippen LogP contribution >= 0.6 is 0 Å². The molecule has 3 aromatic heterocycles. The van der Waals surface area contributed by atoms with Crippen molar-refractivity contribution in [2.24, 2.45) is 25.6 Å². The second-order valence-corrected chi connectivity index (χ2v) is 12.9. The number of aromatic amines is 1. The normalized spacial score (nSPS) is 12.1. The summed E-state index contributed by atoms with van der Waals surface area (Å²) in [7, 11) is -0.213. The van der Waals surface area contributed by atoms with Gasteiger partial charge >= 0.3 is 5.56 Å². The number of hydrogen-bond donors (Lipinski definition) is 4. The second kappa shape index (κ2) is 14.1. The van der Waals surface area contributed by atoms with Gasteiger partial charge < -0.3 is 15.1 Å². The summed E-state index contributed by atoms with van der Waals surface area (Å²) in [4.78, 5) is 28.6. The monoisotopic (exact) mass is 687 g/mol. The van der Waals surface area contributed by atoms with Crippen molar-refractivity contribution in [3.05, 3.63) is 105 Å². The Morgan fingerprint density at radius 2 is 1.61 bits per heavy atom. The fraction of sp³-hybridized carbons (Fsp3) is 0.219. The number of azo groups is 2. The number of benzene rings is 2.